The summed E-state index contributed by atoms with van der Waals surface area (Å²) in [4.78, 5) is 10.8. The molecule has 0 heterocycles. The summed E-state index contributed by atoms with van der Waals surface area (Å²) in [7, 11) is 0. The third kappa shape index (κ3) is 1.73. The molecule has 1 aliphatic carbocycles. The van der Waals surface area contributed by atoms with Crippen LogP contribution in [0.2, 0.25) is 0 Å². The third-order valence-electron chi connectivity index (χ3n) is 2.77. The van der Waals surface area contributed by atoms with Crippen molar-refractivity contribution in [3.8, 4) is 0 Å². The second-order valence-corrected chi connectivity index (χ2v) is 3.65. The van der Waals surface area contributed by atoms with E-state index in [4.69, 9.17) is 0 Å². The van der Waals surface area contributed by atoms with E-state index in [1.54, 1.807) is 6.92 Å². The number of hydrogen-bond donors (Lipinski definition) is 1. The monoisotopic (exact) mass is 155 g/mol. The molecule has 0 aromatic heterocycles. The Morgan fingerprint density at radius 3 is 2.45 bits per heavy atom. The molecule has 1 fully saturated rings. The Labute approximate surface area is 68.4 Å². The first-order chi connectivity index (χ1) is 5.10. The second-order valence-electron chi connectivity index (χ2n) is 3.65. The lowest BCUT2D eigenvalue weighted by atomic mass is 9.97. The van der Waals surface area contributed by atoms with Crippen LogP contribution in [0.1, 0.15) is 40.0 Å². The van der Waals surface area contributed by atoms with Crippen molar-refractivity contribution in [2.45, 2.75) is 45.6 Å². The molecule has 0 saturated heterocycles. The maximum Gasteiger partial charge on any atom is 0.217 e. The zero-order valence-electron chi connectivity index (χ0n) is 7.61. The highest BCUT2D eigenvalue weighted by Crippen LogP contribution is 2.43. The summed E-state index contributed by atoms with van der Waals surface area (Å²) >= 11 is 0. The maximum absolute atomic E-state index is 10.8. The summed E-state index contributed by atoms with van der Waals surface area (Å²) in [5, 5.41) is 3.04. The van der Waals surface area contributed by atoms with Crippen LogP contribution in [0.4, 0.5) is 0 Å². The minimum Gasteiger partial charge on any atom is -0.351 e. The van der Waals surface area contributed by atoms with Gasteiger partial charge in [-0.25, -0.2) is 0 Å². The fraction of sp³-hybridized carbons (Fsp3) is 0.889. The Morgan fingerprint density at radius 1 is 1.64 bits per heavy atom. The Kier molecular flexibility index (Phi) is 2.21. The molecule has 1 amide bonds. The number of carbonyl (C=O) groups is 1. The average Bonchev–Trinajstić information content (AvgIpc) is 2.67. The van der Waals surface area contributed by atoms with E-state index in [1.165, 1.54) is 12.8 Å². The molecule has 0 aromatic carbocycles. The molecular formula is C9H17NO. The van der Waals surface area contributed by atoms with Crippen LogP contribution in [-0.4, -0.2) is 11.4 Å². The van der Waals surface area contributed by atoms with Crippen LogP contribution < -0.4 is 5.32 Å². The Balaban J connectivity index is 2.46. The largest absolute Gasteiger partial charge is 0.351 e. The van der Waals surface area contributed by atoms with Crippen LogP contribution in [0, 0.1) is 5.92 Å². The lowest BCUT2D eigenvalue weighted by Crippen LogP contribution is -2.40. The fourth-order valence-electron chi connectivity index (χ4n) is 1.62. The SMILES string of the molecule is CCC(C)C1(NC(C)=O)CC1. The maximum atomic E-state index is 10.8. The van der Waals surface area contributed by atoms with Crippen molar-refractivity contribution in [2.75, 3.05) is 0 Å². The first-order valence-electron chi connectivity index (χ1n) is 4.39. The van der Waals surface area contributed by atoms with Crippen LogP contribution in [-0.2, 0) is 4.79 Å². The molecule has 1 unspecified atom stereocenters. The number of nitrogens with one attached hydrogen (secondary N) is 1. The molecule has 1 saturated carbocycles. The molecule has 2 nitrogen and oxygen atoms in total. The molecule has 64 valence electrons. The molecule has 1 atom stereocenters. The second kappa shape index (κ2) is 2.84. The van der Waals surface area contributed by atoms with Gasteiger partial charge in [-0.15, -0.1) is 0 Å². The van der Waals surface area contributed by atoms with Crippen molar-refractivity contribution in [1.29, 1.82) is 0 Å². The van der Waals surface area contributed by atoms with Crippen molar-refractivity contribution in [3.63, 3.8) is 0 Å². The van der Waals surface area contributed by atoms with Gasteiger partial charge in [0, 0.05) is 12.5 Å². The lowest BCUT2D eigenvalue weighted by Gasteiger charge is -2.22. The molecule has 1 rings (SSSR count). The summed E-state index contributed by atoms with van der Waals surface area (Å²) in [6.45, 7) is 5.98. The smallest absolute Gasteiger partial charge is 0.217 e. The first-order valence-corrected chi connectivity index (χ1v) is 4.39. The van der Waals surface area contributed by atoms with E-state index in [2.05, 4.69) is 19.2 Å². The van der Waals surface area contributed by atoms with Crippen molar-refractivity contribution in [3.05, 3.63) is 0 Å². The van der Waals surface area contributed by atoms with Gasteiger partial charge in [0.05, 0.1) is 0 Å². The van der Waals surface area contributed by atoms with Gasteiger partial charge in [0.2, 0.25) is 5.91 Å². The summed E-state index contributed by atoms with van der Waals surface area (Å²) < 4.78 is 0. The van der Waals surface area contributed by atoms with Crippen molar-refractivity contribution in [2.24, 2.45) is 5.92 Å². The molecular weight excluding hydrogens is 138 g/mol. The highest BCUT2D eigenvalue weighted by atomic mass is 16.1. The van der Waals surface area contributed by atoms with Crippen molar-refractivity contribution >= 4 is 5.91 Å². The topological polar surface area (TPSA) is 29.1 Å². The molecule has 2 heteroatoms. The predicted molar refractivity (Wildman–Crippen MR) is 45.2 cm³/mol. The minimum atomic E-state index is 0.114. The van der Waals surface area contributed by atoms with Gasteiger partial charge in [-0.1, -0.05) is 20.3 Å². The van der Waals surface area contributed by atoms with Crippen LogP contribution in [0.5, 0.6) is 0 Å². The zero-order chi connectivity index (χ0) is 8.48. The first kappa shape index (κ1) is 8.57. The predicted octanol–water partition coefficient (Wildman–Crippen LogP) is 1.70. The molecule has 11 heavy (non-hydrogen) atoms. The Morgan fingerprint density at radius 2 is 2.18 bits per heavy atom. The fourth-order valence-corrected chi connectivity index (χ4v) is 1.62. The number of carbonyl (C=O) groups excluding carboxylic acids is 1. The van der Waals surface area contributed by atoms with Gasteiger partial charge in [-0.2, -0.15) is 0 Å². The Bertz CT molecular complexity index is 161. The van der Waals surface area contributed by atoms with Gasteiger partial charge in [-0.05, 0) is 18.8 Å². The van der Waals surface area contributed by atoms with Crippen LogP contribution in [0.15, 0.2) is 0 Å². The van der Waals surface area contributed by atoms with Crippen LogP contribution in [0.25, 0.3) is 0 Å². The van der Waals surface area contributed by atoms with Gasteiger partial charge in [0.1, 0.15) is 0 Å². The standard InChI is InChI=1S/C9H17NO/c1-4-7(2)9(5-6-9)10-8(3)11/h7H,4-6H2,1-3H3,(H,10,11). The van der Waals surface area contributed by atoms with Gasteiger partial charge in [0.15, 0.2) is 0 Å². The lowest BCUT2D eigenvalue weighted by molar-refractivity contribution is -0.120. The number of amides is 1. The highest BCUT2D eigenvalue weighted by molar-refractivity contribution is 5.74. The summed E-state index contributed by atoms with van der Waals surface area (Å²) in [6, 6.07) is 0. The average molecular weight is 155 g/mol. The summed E-state index contributed by atoms with van der Waals surface area (Å²) in [5.41, 5.74) is 0.181. The molecule has 0 spiro atoms. The van der Waals surface area contributed by atoms with Gasteiger partial charge >= 0.3 is 0 Å². The van der Waals surface area contributed by atoms with E-state index in [0.29, 0.717) is 5.92 Å². The van der Waals surface area contributed by atoms with E-state index in [0.717, 1.165) is 6.42 Å². The number of rotatable bonds is 3. The zero-order valence-corrected chi connectivity index (χ0v) is 7.61. The van der Waals surface area contributed by atoms with Gasteiger partial charge in [0.25, 0.3) is 0 Å². The highest BCUT2D eigenvalue weighted by Gasteiger charge is 2.46. The Hall–Kier alpha value is -0.530. The quantitative estimate of drug-likeness (QED) is 0.660. The normalized spacial score (nSPS) is 22.5. The van der Waals surface area contributed by atoms with E-state index in [-0.39, 0.29) is 11.4 Å². The van der Waals surface area contributed by atoms with Crippen molar-refractivity contribution in [1.82, 2.24) is 5.32 Å². The molecule has 1 N–H and O–H groups in total. The van der Waals surface area contributed by atoms with E-state index in [1.807, 2.05) is 0 Å². The third-order valence-corrected chi connectivity index (χ3v) is 2.77. The molecule has 0 radical (unpaired) electrons. The molecule has 1 aliphatic rings. The van der Waals surface area contributed by atoms with Gasteiger partial charge < -0.3 is 5.32 Å². The summed E-state index contributed by atoms with van der Waals surface area (Å²) in [5.74, 6) is 0.745. The van der Waals surface area contributed by atoms with E-state index >= 15 is 0 Å². The minimum absolute atomic E-state index is 0.114. The molecule has 0 aromatic rings. The van der Waals surface area contributed by atoms with Crippen LogP contribution >= 0.6 is 0 Å². The summed E-state index contributed by atoms with van der Waals surface area (Å²) in [6.07, 6.45) is 3.49. The number of hydrogen-bond acceptors (Lipinski definition) is 1. The van der Waals surface area contributed by atoms with Gasteiger partial charge in [-0.3, -0.25) is 4.79 Å². The van der Waals surface area contributed by atoms with E-state index < -0.39 is 0 Å². The van der Waals surface area contributed by atoms with E-state index in [9.17, 15) is 4.79 Å². The molecule has 0 aliphatic heterocycles. The van der Waals surface area contributed by atoms with Crippen molar-refractivity contribution < 1.29 is 4.79 Å². The van der Waals surface area contributed by atoms with Crippen LogP contribution in [0.3, 0.4) is 0 Å². The molecule has 0 bridgehead atoms.